The van der Waals surface area contributed by atoms with Crippen molar-refractivity contribution in [3.05, 3.63) is 35.8 Å². The van der Waals surface area contributed by atoms with Gasteiger partial charge in [0.25, 0.3) is 5.91 Å². The molecule has 22 heavy (non-hydrogen) atoms. The quantitative estimate of drug-likeness (QED) is 0.895. The predicted molar refractivity (Wildman–Crippen MR) is 80.5 cm³/mol. The van der Waals surface area contributed by atoms with Gasteiger partial charge in [0.15, 0.2) is 0 Å². The number of fused-ring (bicyclic) bond motifs is 1. The molecule has 0 radical (unpaired) electrons. The van der Waals surface area contributed by atoms with Gasteiger partial charge in [0.1, 0.15) is 11.5 Å². The van der Waals surface area contributed by atoms with E-state index in [1.807, 2.05) is 4.90 Å². The number of aromatic nitrogens is 4. The highest BCUT2D eigenvalue weighted by molar-refractivity contribution is 5.92. The van der Waals surface area contributed by atoms with E-state index >= 15 is 0 Å². The number of nitrogens with zero attached hydrogens (tertiary/aromatic N) is 5. The zero-order chi connectivity index (χ0) is 14.9. The smallest absolute Gasteiger partial charge is 0.274 e. The molecule has 1 N–H and O–H groups in total. The molecule has 114 valence electrons. The number of rotatable bonds is 2. The summed E-state index contributed by atoms with van der Waals surface area (Å²) in [6.45, 7) is 3.28. The van der Waals surface area contributed by atoms with E-state index in [1.54, 1.807) is 18.7 Å². The highest BCUT2D eigenvalue weighted by Crippen LogP contribution is 2.20. The summed E-state index contributed by atoms with van der Waals surface area (Å²) in [6.07, 6.45) is 8.09. The highest BCUT2D eigenvalue weighted by atomic mass is 16.2. The largest absolute Gasteiger partial charge is 0.349 e. The van der Waals surface area contributed by atoms with Gasteiger partial charge in [-0.05, 0) is 12.8 Å². The second-order valence-corrected chi connectivity index (χ2v) is 5.76. The Bertz CT molecular complexity index is 674. The zero-order valence-corrected chi connectivity index (χ0v) is 12.3. The molecule has 2 aliphatic rings. The third-order valence-corrected chi connectivity index (χ3v) is 4.35. The van der Waals surface area contributed by atoms with E-state index in [0.717, 1.165) is 62.6 Å². The second-order valence-electron chi connectivity index (χ2n) is 5.76. The number of amides is 1. The number of anilines is 1. The molecular weight excluding hydrogens is 280 g/mol. The van der Waals surface area contributed by atoms with Crippen LogP contribution in [0.25, 0.3) is 0 Å². The van der Waals surface area contributed by atoms with Gasteiger partial charge < -0.3 is 14.8 Å². The number of H-pyrrole nitrogens is 1. The van der Waals surface area contributed by atoms with Crippen molar-refractivity contribution in [2.45, 2.75) is 25.8 Å². The van der Waals surface area contributed by atoms with Crippen LogP contribution in [-0.2, 0) is 13.0 Å². The molecule has 4 heterocycles. The molecule has 0 atom stereocenters. The standard InChI is InChI=1S/C15H18N6O/c22-15(20-4-1-2-5-20)12-7-17-14(8-16-12)21-6-3-11-13(9-21)19-10-18-11/h7-8,10H,1-6,9H2,(H,18,19). The van der Waals surface area contributed by atoms with E-state index in [1.165, 1.54) is 0 Å². The Hall–Kier alpha value is -2.44. The molecule has 0 spiro atoms. The van der Waals surface area contributed by atoms with Crippen molar-refractivity contribution in [2.75, 3.05) is 24.5 Å². The van der Waals surface area contributed by atoms with Crippen LogP contribution in [0.2, 0.25) is 0 Å². The SMILES string of the molecule is O=C(c1cnc(N2CCc3nc[nH]c3C2)cn1)N1CCCC1. The van der Waals surface area contributed by atoms with Crippen molar-refractivity contribution in [1.82, 2.24) is 24.8 Å². The Morgan fingerprint density at radius 1 is 1.09 bits per heavy atom. The number of carbonyl (C=O) groups excluding carboxylic acids is 1. The lowest BCUT2D eigenvalue weighted by molar-refractivity contribution is 0.0786. The van der Waals surface area contributed by atoms with Crippen molar-refractivity contribution in [3.63, 3.8) is 0 Å². The normalized spacial score (nSPS) is 17.6. The zero-order valence-electron chi connectivity index (χ0n) is 12.3. The number of hydrogen-bond donors (Lipinski definition) is 1. The lowest BCUT2D eigenvalue weighted by atomic mass is 10.1. The number of likely N-dealkylation sites (tertiary alicyclic amines) is 1. The first-order valence-corrected chi connectivity index (χ1v) is 7.68. The fourth-order valence-corrected chi connectivity index (χ4v) is 3.09. The summed E-state index contributed by atoms with van der Waals surface area (Å²) >= 11 is 0. The lowest BCUT2D eigenvalue weighted by Gasteiger charge is -2.27. The van der Waals surface area contributed by atoms with E-state index in [2.05, 4.69) is 24.8 Å². The Morgan fingerprint density at radius 3 is 2.73 bits per heavy atom. The summed E-state index contributed by atoms with van der Waals surface area (Å²) in [7, 11) is 0. The van der Waals surface area contributed by atoms with Gasteiger partial charge in [-0.25, -0.2) is 15.0 Å². The van der Waals surface area contributed by atoms with Gasteiger partial charge in [0.05, 0.1) is 36.7 Å². The van der Waals surface area contributed by atoms with Gasteiger partial charge in [-0.3, -0.25) is 4.79 Å². The van der Waals surface area contributed by atoms with Crippen LogP contribution in [0.15, 0.2) is 18.7 Å². The van der Waals surface area contributed by atoms with Crippen LogP contribution < -0.4 is 4.90 Å². The molecule has 2 aromatic heterocycles. The van der Waals surface area contributed by atoms with Crippen molar-refractivity contribution >= 4 is 11.7 Å². The second kappa shape index (κ2) is 5.40. The third kappa shape index (κ3) is 2.32. The Labute approximate surface area is 128 Å². The fourth-order valence-electron chi connectivity index (χ4n) is 3.09. The van der Waals surface area contributed by atoms with Crippen LogP contribution in [-0.4, -0.2) is 50.4 Å². The van der Waals surface area contributed by atoms with Crippen LogP contribution >= 0.6 is 0 Å². The average molecular weight is 298 g/mol. The van der Waals surface area contributed by atoms with Crippen LogP contribution in [0.5, 0.6) is 0 Å². The Balaban J connectivity index is 1.49. The van der Waals surface area contributed by atoms with Crippen molar-refractivity contribution < 1.29 is 4.79 Å². The minimum absolute atomic E-state index is 0.00829. The molecular formula is C15H18N6O. The summed E-state index contributed by atoms with van der Waals surface area (Å²) < 4.78 is 0. The van der Waals surface area contributed by atoms with Crippen molar-refractivity contribution in [1.29, 1.82) is 0 Å². The predicted octanol–water partition coefficient (Wildman–Crippen LogP) is 0.998. The minimum Gasteiger partial charge on any atom is -0.349 e. The maximum atomic E-state index is 12.3. The maximum absolute atomic E-state index is 12.3. The topological polar surface area (TPSA) is 78.0 Å². The van der Waals surface area contributed by atoms with Gasteiger partial charge in [-0.1, -0.05) is 0 Å². The first-order valence-electron chi connectivity index (χ1n) is 7.68. The molecule has 0 aromatic carbocycles. The van der Waals surface area contributed by atoms with Crippen LogP contribution in [0, 0.1) is 0 Å². The molecule has 4 rings (SSSR count). The van der Waals surface area contributed by atoms with Crippen molar-refractivity contribution in [2.24, 2.45) is 0 Å². The maximum Gasteiger partial charge on any atom is 0.274 e. The van der Waals surface area contributed by atoms with E-state index < -0.39 is 0 Å². The van der Waals surface area contributed by atoms with Crippen LogP contribution in [0.4, 0.5) is 5.82 Å². The summed E-state index contributed by atoms with van der Waals surface area (Å²) in [6, 6.07) is 0. The van der Waals surface area contributed by atoms with Gasteiger partial charge in [0.2, 0.25) is 0 Å². The summed E-state index contributed by atoms with van der Waals surface area (Å²) in [4.78, 5) is 32.5. The number of carbonyl (C=O) groups is 1. The molecule has 1 amide bonds. The van der Waals surface area contributed by atoms with E-state index in [9.17, 15) is 4.79 Å². The Kier molecular flexibility index (Phi) is 3.25. The van der Waals surface area contributed by atoms with Crippen LogP contribution in [0.3, 0.4) is 0 Å². The molecule has 1 fully saturated rings. The van der Waals surface area contributed by atoms with Crippen LogP contribution in [0.1, 0.15) is 34.7 Å². The first-order chi connectivity index (χ1) is 10.8. The lowest BCUT2D eigenvalue weighted by Crippen LogP contribution is -2.32. The number of hydrogen-bond acceptors (Lipinski definition) is 5. The molecule has 7 heteroatoms. The van der Waals surface area contributed by atoms with Crippen molar-refractivity contribution in [3.8, 4) is 0 Å². The first kappa shape index (κ1) is 13.2. The molecule has 7 nitrogen and oxygen atoms in total. The van der Waals surface area contributed by atoms with Gasteiger partial charge in [-0.2, -0.15) is 0 Å². The molecule has 2 aliphatic heterocycles. The molecule has 1 saturated heterocycles. The van der Waals surface area contributed by atoms with Gasteiger partial charge in [0, 0.05) is 26.1 Å². The highest BCUT2D eigenvalue weighted by Gasteiger charge is 2.22. The van der Waals surface area contributed by atoms with Gasteiger partial charge in [-0.15, -0.1) is 0 Å². The van der Waals surface area contributed by atoms with E-state index in [4.69, 9.17) is 0 Å². The number of nitrogens with one attached hydrogen (secondary N) is 1. The molecule has 0 saturated carbocycles. The van der Waals surface area contributed by atoms with Gasteiger partial charge >= 0.3 is 0 Å². The van der Waals surface area contributed by atoms with E-state index in [-0.39, 0.29) is 5.91 Å². The summed E-state index contributed by atoms with van der Waals surface area (Å²) in [5.74, 6) is 0.796. The molecule has 0 aliphatic carbocycles. The molecule has 0 bridgehead atoms. The molecule has 0 unspecified atom stereocenters. The number of imidazole rings is 1. The monoisotopic (exact) mass is 298 g/mol. The summed E-state index contributed by atoms with van der Waals surface area (Å²) in [5.41, 5.74) is 2.69. The average Bonchev–Trinajstić information content (AvgIpc) is 3.25. The van der Waals surface area contributed by atoms with E-state index in [0.29, 0.717) is 5.69 Å². The Morgan fingerprint density at radius 2 is 1.95 bits per heavy atom. The molecule has 2 aromatic rings. The third-order valence-electron chi connectivity index (χ3n) is 4.35. The number of aromatic amines is 1. The minimum atomic E-state index is -0.00829. The summed E-state index contributed by atoms with van der Waals surface area (Å²) in [5, 5.41) is 0. The fraction of sp³-hybridized carbons (Fsp3) is 0.467.